The molecule has 2 N–H and O–H groups in total. The molecule has 0 radical (unpaired) electrons. The number of ether oxygens (including phenoxy) is 1. The largest absolute Gasteiger partial charge is 0.497 e. The molecule has 0 aliphatic carbocycles. The first kappa shape index (κ1) is 16.0. The second-order valence-corrected chi connectivity index (χ2v) is 5.80. The summed E-state index contributed by atoms with van der Waals surface area (Å²) in [5.41, 5.74) is 6.90. The van der Waals surface area contributed by atoms with Gasteiger partial charge >= 0.3 is 0 Å². The van der Waals surface area contributed by atoms with Gasteiger partial charge in [-0.2, -0.15) is 0 Å². The van der Waals surface area contributed by atoms with Crippen molar-refractivity contribution in [1.82, 2.24) is 20.2 Å². The van der Waals surface area contributed by atoms with E-state index in [1.54, 1.807) is 30.0 Å². The quantitative estimate of drug-likeness (QED) is 0.711. The third-order valence-corrected chi connectivity index (χ3v) is 4.34. The Morgan fingerprint density at radius 3 is 2.67 bits per heavy atom. The van der Waals surface area contributed by atoms with Crippen LogP contribution in [-0.2, 0) is 4.79 Å². The van der Waals surface area contributed by atoms with Crippen molar-refractivity contribution in [2.45, 2.75) is 13.3 Å². The van der Waals surface area contributed by atoms with E-state index in [4.69, 9.17) is 4.74 Å². The van der Waals surface area contributed by atoms with E-state index in [0.29, 0.717) is 17.1 Å². The number of carbonyl (C=O) groups is 2. The molecule has 7 nitrogen and oxygen atoms in total. The van der Waals surface area contributed by atoms with E-state index in [-0.39, 0.29) is 5.91 Å². The van der Waals surface area contributed by atoms with Gasteiger partial charge in [0.25, 0.3) is 5.91 Å². The van der Waals surface area contributed by atoms with Crippen molar-refractivity contribution < 1.29 is 14.3 Å². The molecule has 0 spiro atoms. The van der Waals surface area contributed by atoms with Gasteiger partial charge in [0.1, 0.15) is 11.4 Å². The molecule has 2 amide bonds. The Morgan fingerprint density at radius 2 is 2.00 bits per heavy atom. The smallest absolute Gasteiger partial charge is 0.287 e. The molecule has 24 heavy (non-hydrogen) atoms. The zero-order valence-corrected chi connectivity index (χ0v) is 14.0. The fraction of sp³-hybridized carbons (Fsp3) is 0.188. The standard InChI is InChI=1S/C16H16N4O3S/c1-3-14(21)18-19-15(22)13-9-24-16-17-8-12(20(13)16)10-4-6-11(23-2)7-5-10/h4-9H,3H2,1-2H3,(H,18,21)(H,19,22). The monoisotopic (exact) mass is 344 g/mol. The van der Waals surface area contributed by atoms with Crippen LogP contribution in [0.15, 0.2) is 35.8 Å². The number of nitrogens with one attached hydrogen (secondary N) is 2. The second-order valence-electron chi connectivity index (χ2n) is 4.97. The maximum atomic E-state index is 12.3. The summed E-state index contributed by atoms with van der Waals surface area (Å²) < 4.78 is 6.93. The van der Waals surface area contributed by atoms with Crippen molar-refractivity contribution >= 4 is 28.1 Å². The van der Waals surface area contributed by atoms with E-state index in [1.165, 1.54) is 11.3 Å². The van der Waals surface area contributed by atoms with Crippen molar-refractivity contribution in [3.05, 3.63) is 41.5 Å². The van der Waals surface area contributed by atoms with Crippen LogP contribution in [0.2, 0.25) is 0 Å². The van der Waals surface area contributed by atoms with E-state index in [1.807, 2.05) is 24.3 Å². The average Bonchev–Trinajstić information content (AvgIpc) is 3.21. The number of methoxy groups -OCH3 is 1. The van der Waals surface area contributed by atoms with Gasteiger partial charge in [0.15, 0.2) is 4.96 Å². The lowest BCUT2D eigenvalue weighted by molar-refractivity contribution is -0.121. The molecular weight excluding hydrogens is 328 g/mol. The van der Waals surface area contributed by atoms with Gasteiger partial charge in [-0.25, -0.2) is 4.98 Å². The van der Waals surface area contributed by atoms with Gasteiger partial charge in [0.05, 0.1) is 19.0 Å². The van der Waals surface area contributed by atoms with Crippen LogP contribution in [0.25, 0.3) is 16.2 Å². The SMILES string of the molecule is CCC(=O)NNC(=O)c1csc2ncc(-c3ccc(OC)cc3)n12. The minimum Gasteiger partial charge on any atom is -0.497 e. The number of thiazole rings is 1. The van der Waals surface area contributed by atoms with Crippen molar-refractivity contribution in [2.24, 2.45) is 0 Å². The Bertz CT molecular complexity index is 883. The minimum absolute atomic E-state index is 0.254. The predicted octanol–water partition coefficient (Wildman–Crippen LogP) is 2.24. The summed E-state index contributed by atoms with van der Waals surface area (Å²) in [6.45, 7) is 1.71. The lowest BCUT2D eigenvalue weighted by atomic mass is 10.1. The van der Waals surface area contributed by atoms with E-state index in [0.717, 1.165) is 17.0 Å². The molecule has 0 atom stereocenters. The third-order valence-electron chi connectivity index (χ3n) is 3.50. The predicted molar refractivity (Wildman–Crippen MR) is 91.0 cm³/mol. The van der Waals surface area contributed by atoms with Gasteiger partial charge in [-0.15, -0.1) is 11.3 Å². The normalized spacial score (nSPS) is 10.6. The summed E-state index contributed by atoms with van der Waals surface area (Å²) in [5, 5.41) is 1.71. The third kappa shape index (κ3) is 2.95. The first-order valence-electron chi connectivity index (χ1n) is 7.32. The lowest BCUT2D eigenvalue weighted by Crippen LogP contribution is -2.41. The van der Waals surface area contributed by atoms with Gasteiger partial charge in [-0.05, 0) is 24.3 Å². The van der Waals surface area contributed by atoms with Crippen LogP contribution in [0.4, 0.5) is 0 Å². The molecule has 0 fully saturated rings. The highest BCUT2D eigenvalue weighted by molar-refractivity contribution is 7.15. The molecular formula is C16H16N4O3S. The number of rotatable bonds is 4. The zero-order chi connectivity index (χ0) is 17.1. The van der Waals surface area contributed by atoms with Crippen LogP contribution in [0.5, 0.6) is 5.75 Å². The Hall–Kier alpha value is -2.87. The fourth-order valence-corrected chi connectivity index (χ4v) is 3.06. The molecule has 3 rings (SSSR count). The highest BCUT2D eigenvalue weighted by Crippen LogP contribution is 2.27. The molecule has 0 aliphatic rings. The summed E-state index contributed by atoms with van der Waals surface area (Å²) >= 11 is 1.36. The molecule has 2 heterocycles. The molecule has 8 heteroatoms. The number of imidazole rings is 1. The number of hydrogen-bond donors (Lipinski definition) is 2. The van der Waals surface area contributed by atoms with Crippen LogP contribution < -0.4 is 15.6 Å². The summed E-state index contributed by atoms with van der Waals surface area (Å²) in [7, 11) is 1.61. The van der Waals surface area contributed by atoms with E-state index >= 15 is 0 Å². The number of fused-ring (bicyclic) bond motifs is 1. The summed E-state index contributed by atoms with van der Waals surface area (Å²) in [6.07, 6.45) is 2.01. The van der Waals surface area contributed by atoms with Crippen molar-refractivity contribution in [3.8, 4) is 17.0 Å². The molecule has 0 bridgehead atoms. The molecule has 1 aromatic carbocycles. The van der Waals surface area contributed by atoms with Gasteiger partial charge in [0.2, 0.25) is 5.91 Å². The number of carbonyl (C=O) groups excluding carboxylic acids is 2. The lowest BCUT2D eigenvalue weighted by Gasteiger charge is -2.07. The van der Waals surface area contributed by atoms with Crippen LogP contribution in [0, 0.1) is 0 Å². The Morgan fingerprint density at radius 1 is 1.25 bits per heavy atom. The fourth-order valence-electron chi connectivity index (χ4n) is 2.21. The Kier molecular flexibility index (Phi) is 4.48. The molecule has 0 aliphatic heterocycles. The van der Waals surface area contributed by atoms with E-state index in [9.17, 15) is 9.59 Å². The maximum absolute atomic E-state index is 12.3. The highest BCUT2D eigenvalue weighted by atomic mass is 32.1. The van der Waals surface area contributed by atoms with Gasteiger partial charge < -0.3 is 4.74 Å². The Balaban J connectivity index is 1.94. The Labute approximate surface area is 142 Å². The van der Waals surface area contributed by atoms with Gasteiger partial charge in [-0.1, -0.05) is 6.92 Å². The molecule has 3 aromatic rings. The number of amides is 2. The number of hydrazine groups is 1. The molecule has 124 valence electrons. The average molecular weight is 344 g/mol. The molecule has 2 aromatic heterocycles. The first-order chi connectivity index (χ1) is 11.6. The summed E-state index contributed by atoms with van der Waals surface area (Å²) in [4.78, 5) is 28.7. The van der Waals surface area contributed by atoms with Crippen LogP contribution in [-0.4, -0.2) is 28.3 Å². The molecule has 0 unspecified atom stereocenters. The van der Waals surface area contributed by atoms with Crippen molar-refractivity contribution in [3.63, 3.8) is 0 Å². The number of benzene rings is 1. The molecule has 0 saturated heterocycles. The number of aromatic nitrogens is 2. The van der Waals surface area contributed by atoms with Crippen molar-refractivity contribution in [1.29, 1.82) is 0 Å². The van der Waals surface area contributed by atoms with Gasteiger partial charge in [0, 0.05) is 17.4 Å². The topological polar surface area (TPSA) is 84.7 Å². The first-order valence-corrected chi connectivity index (χ1v) is 8.20. The number of nitrogens with zero attached hydrogens (tertiary/aromatic N) is 2. The summed E-state index contributed by atoms with van der Waals surface area (Å²) in [5.74, 6) is 0.108. The summed E-state index contributed by atoms with van der Waals surface area (Å²) in [6, 6.07) is 7.51. The minimum atomic E-state index is -0.393. The van der Waals surface area contributed by atoms with E-state index < -0.39 is 5.91 Å². The van der Waals surface area contributed by atoms with Crippen LogP contribution in [0.1, 0.15) is 23.8 Å². The van der Waals surface area contributed by atoms with Crippen molar-refractivity contribution in [2.75, 3.05) is 7.11 Å². The zero-order valence-electron chi connectivity index (χ0n) is 13.2. The van der Waals surface area contributed by atoms with Gasteiger partial charge in [-0.3, -0.25) is 24.8 Å². The second kappa shape index (κ2) is 6.71. The highest BCUT2D eigenvalue weighted by Gasteiger charge is 2.17. The van der Waals surface area contributed by atoms with Crippen LogP contribution in [0.3, 0.4) is 0 Å². The number of hydrogen-bond acceptors (Lipinski definition) is 5. The molecule has 0 saturated carbocycles. The van der Waals surface area contributed by atoms with E-state index in [2.05, 4.69) is 15.8 Å². The maximum Gasteiger partial charge on any atom is 0.287 e. The van der Waals surface area contributed by atoms with Crippen LogP contribution >= 0.6 is 11.3 Å².